The molecule has 128 valence electrons. The molecule has 25 heavy (non-hydrogen) atoms. The second-order valence-electron chi connectivity index (χ2n) is 6.46. The number of aromatic nitrogens is 1. The third-order valence-corrected chi connectivity index (χ3v) is 4.67. The summed E-state index contributed by atoms with van der Waals surface area (Å²) in [6.07, 6.45) is 8.57. The summed E-state index contributed by atoms with van der Waals surface area (Å²) in [4.78, 5) is 16.1. The van der Waals surface area contributed by atoms with Gasteiger partial charge in [0.05, 0.1) is 6.54 Å². The fourth-order valence-corrected chi connectivity index (χ4v) is 3.40. The Labute approximate surface area is 145 Å². The molecule has 0 radical (unpaired) electrons. The number of rotatable bonds is 4. The van der Waals surface area contributed by atoms with Crippen molar-refractivity contribution >= 4 is 5.91 Å². The number of allylic oxidation sites excluding steroid dienone is 1. The molecule has 1 aliphatic carbocycles. The second-order valence-corrected chi connectivity index (χ2v) is 6.46. The molecule has 1 aromatic heterocycles. The van der Waals surface area contributed by atoms with E-state index >= 15 is 0 Å². The maximum absolute atomic E-state index is 14.4. The second kappa shape index (κ2) is 6.67. The van der Waals surface area contributed by atoms with Crippen molar-refractivity contribution in [3.05, 3.63) is 59.7 Å². The number of carbonyl (C=O) groups is 1. The molecule has 4 nitrogen and oxygen atoms in total. The lowest BCUT2D eigenvalue weighted by Gasteiger charge is -2.12. The van der Waals surface area contributed by atoms with Gasteiger partial charge in [0, 0.05) is 35.5 Å². The van der Waals surface area contributed by atoms with Gasteiger partial charge in [0.25, 0.3) is 0 Å². The maximum atomic E-state index is 14.4. The van der Waals surface area contributed by atoms with Crippen LogP contribution in [0.3, 0.4) is 0 Å². The number of halogens is 1. The fraction of sp³-hybridized carbons (Fsp3) is 0.300. The molecular formula is C20H19FN2O2. The van der Waals surface area contributed by atoms with Crippen molar-refractivity contribution in [3.63, 3.8) is 0 Å². The number of hydrogen-bond acceptors (Lipinski definition) is 3. The molecule has 0 fully saturated rings. The van der Waals surface area contributed by atoms with Crippen LogP contribution < -0.4 is 10.1 Å². The van der Waals surface area contributed by atoms with E-state index in [9.17, 15) is 9.18 Å². The average molecular weight is 338 g/mol. The van der Waals surface area contributed by atoms with E-state index in [-0.39, 0.29) is 17.8 Å². The summed E-state index contributed by atoms with van der Waals surface area (Å²) in [6, 6.07) is 7.14. The van der Waals surface area contributed by atoms with Crippen molar-refractivity contribution in [2.24, 2.45) is 0 Å². The van der Waals surface area contributed by atoms with Gasteiger partial charge in [-0.25, -0.2) is 4.39 Å². The third-order valence-electron chi connectivity index (χ3n) is 4.67. The predicted molar refractivity (Wildman–Crippen MR) is 92.7 cm³/mol. The van der Waals surface area contributed by atoms with E-state index < -0.39 is 0 Å². The van der Waals surface area contributed by atoms with Crippen molar-refractivity contribution in [2.45, 2.75) is 31.8 Å². The summed E-state index contributed by atoms with van der Waals surface area (Å²) >= 11 is 0. The zero-order valence-corrected chi connectivity index (χ0v) is 13.8. The van der Waals surface area contributed by atoms with Gasteiger partial charge >= 0.3 is 0 Å². The van der Waals surface area contributed by atoms with E-state index in [1.807, 2.05) is 24.3 Å². The number of carbonyl (C=O) groups excluding carboxylic acids is 1. The predicted octanol–water partition coefficient (Wildman–Crippen LogP) is 3.42. The summed E-state index contributed by atoms with van der Waals surface area (Å²) in [6.45, 7) is 0.381. The first kappa shape index (κ1) is 15.8. The molecular weight excluding hydrogens is 319 g/mol. The van der Waals surface area contributed by atoms with Gasteiger partial charge in [-0.05, 0) is 43.0 Å². The smallest absolute Gasteiger partial charge is 0.247 e. The van der Waals surface area contributed by atoms with E-state index in [0.29, 0.717) is 18.7 Å². The summed E-state index contributed by atoms with van der Waals surface area (Å²) in [7, 11) is 0. The van der Waals surface area contributed by atoms with Crippen molar-refractivity contribution in [1.29, 1.82) is 0 Å². The standard InChI is InChI=1S/C20H19FN2O2/c21-18-10-15(14-6-3-7-22-11-14)8-16-9-17(25-19(16)18)12-23-20(24)13-4-1-2-5-13/h3-4,6-8,10-11,17H,1-2,5,9,12H2,(H,23,24). The van der Waals surface area contributed by atoms with Gasteiger partial charge in [-0.15, -0.1) is 0 Å². The highest BCUT2D eigenvalue weighted by atomic mass is 19.1. The van der Waals surface area contributed by atoms with Crippen LogP contribution in [0.15, 0.2) is 48.3 Å². The third kappa shape index (κ3) is 3.27. The summed E-state index contributed by atoms with van der Waals surface area (Å²) in [5.41, 5.74) is 3.33. The summed E-state index contributed by atoms with van der Waals surface area (Å²) < 4.78 is 20.1. The van der Waals surface area contributed by atoms with Gasteiger partial charge in [-0.1, -0.05) is 12.1 Å². The van der Waals surface area contributed by atoms with Crippen LogP contribution in [0.2, 0.25) is 0 Å². The fourth-order valence-electron chi connectivity index (χ4n) is 3.40. The van der Waals surface area contributed by atoms with Crippen molar-refractivity contribution in [1.82, 2.24) is 10.3 Å². The number of benzene rings is 1. The van der Waals surface area contributed by atoms with E-state index in [1.165, 1.54) is 6.07 Å². The van der Waals surface area contributed by atoms with Gasteiger partial charge in [-0.3, -0.25) is 9.78 Å². The minimum atomic E-state index is -0.372. The topological polar surface area (TPSA) is 51.2 Å². The lowest BCUT2D eigenvalue weighted by atomic mass is 10.0. The van der Waals surface area contributed by atoms with Gasteiger partial charge in [0.2, 0.25) is 5.91 Å². The Hall–Kier alpha value is -2.69. The van der Waals surface area contributed by atoms with E-state index in [2.05, 4.69) is 10.3 Å². The Kier molecular flexibility index (Phi) is 4.22. The Bertz CT molecular complexity index is 833. The number of fused-ring (bicyclic) bond motifs is 1. The molecule has 2 aromatic rings. The van der Waals surface area contributed by atoms with Crippen LogP contribution in [-0.2, 0) is 11.2 Å². The molecule has 1 unspecified atom stereocenters. The first-order valence-corrected chi connectivity index (χ1v) is 8.57. The molecule has 0 saturated carbocycles. The molecule has 1 amide bonds. The summed E-state index contributed by atoms with van der Waals surface area (Å²) in [5.74, 6) is -0.107. The molecule has 1 atom stereocenters. The minimum Gasteiger partial charge on any atom is -0.485 e. The van der Waals surface area contributed by atoms with Crippen LogP contribution in [0.25, 0.3) is 11.1 Å². The number of ether oxygens (including phenoxy) is 1. The van der Waals surface area contributed by atoms with Crippen LogP contribution in [0.5, 0.6) is 5.75 Å². The Morgan fingerprint density at radius 3 is 3.04 bits per heavy atom. The van der Waals surface area contributed by atoms with E-state index in [0.717, 1.165) is 41.5 Å². The van der Waals surface area contributed by atoms with Gasteiger partial charge in [0.15, 0.2) is 11.6 Å². The van der Waals surface area contributed by atoms with Crippen LogP contribution in [0, 0.1) is 5.82 Å². The first-order valence-electron chi connectivity index (χ1n) is 8.57. The van der Waals surface area contributed by atoms with Crippen molar-refractivity contribution in [3.8, 4) is 16.9 Å². The number of pyridine rings is 1. The normalized spacial score (nSPS) is 18.4. The zero-order valence-electron chi connectivity index (χ0n) is 13.8. The first-order chi connectivity index (χ1) is 12.2. The molecule has 2 heterocycles. The lowest BCUT2D eigenvalue weighted by molar-refractivity contribution is -0.117. The lowest BCUT2D eigenvalue weighted by Crippen LogP contribution is -2.35. The molecule has 0 saturated heterocycles. The van der Waals surface area contributed by atoms with Crippen molar-refractivity contribution < 1.29 is 13.9 Å². The van der Waals surface area contributed by atoms with Crippen LogP contribution >= 0.6 is 0 Å². The Morgan fingerprint density at radius 2 is 2.28 bits per heavy atom. The van der Waals surface area contributed by atoms with Crippen LogP contribution in [-0.4, -0.2) is 23.5 Å². The molecule has 0 spiro atoms. The average Bonchev–Trinajstić information content (AvgIpc) is 3.30. The number of hydrogen-bond donors (Lipinski definition) is 1. The van der Waals surface area contributed by atoms with Crippen molar-refractivity contribution in [2.75, 3.05) is 6.54 Å². The largest absolute Gasteiger partial charge is 0.485 e. The SMILES string of the molecule is O=C(NCC1Cc2cc(-c3cccnc3)cc(F)c2O1)C1=CCCC1. The number of amides is 1. The maximum Gasteiger partial charge on any atom is 0.247 e. The molecule has 1 aromatic carbocycles. The quantitative estimate of drug-likeness (QED) is 0.929. The van der Waals surface area contributed by atoms with E-state index in [4.69, 9.17) is 4.74 Å². The number of nitrogens with one attached hydrogen (secondary N) is 1. The minimum absolute atomic E-state index is 0.0337. The van der Waals surface area contributed by atoms with Crippen LogP contribution in [0.1, 0.15) is 24.8 Å². The van der Waals surface area contributed by atoms with Crippen LogP contribution in [0.4, 0.5) is 4.39 Å². The molecule has 5 heteroatoms. The highest BCUT2D eigenvalue weighted by Gasteiger charge is 2.27. The molecule has 0 bridgehead atoms. The molecule has 4 rings (SSSR count). The molecule has 1 N–H and O–H groups in total. The Morgan fingerprint density at radius 1 is 1.36 bits per heavy atom. The number of nitrogens with zero attached hydrogens (tertiary/aromatic N) is 1. The Balaban J connectivity index is 1.45. The monoisotopic (exact) mass is 338 g/mol. The van der Waals surface area contributed by atoms with Gasteiger partial charge < -0.3 is 10.1 Å². The molecule has 2 aliphatic rings. The molecule has 1 aliphatic heterocycles. The highest BCUT2D eigenvalue weighted by molar-refractivity contribution is 5.93. The zero-order chi connectivity index (χ0) is 17.2. The van der Waals surface area contributed by atoms with Gasteiger partial charge in [-0.2, -0.15) is 0 Å². The van der Waals surface area contributed by atoms with E-state index in [1.54, 1.807) is 12.4 Å². The van der Waals surface area contributed by atoms with Gasteiger partial charge in [0.1, 0.15) is 6.10 Å². The summed E-state index contributed by atoms with van der Waals surface area (Å²) in [5, 5.41) is 2.90. The highest BCUT2D eigenvalue weighted by Crippen LogP contribution is 2.35.